The van der Waals surface area contributed by atoms with Gasteiger partial charge in [-0.25, -0.2) is 13.4 Å². The molecular weight excluding hydrogens is 350 g/mol. The van der Waals surface area contributed by atoms with Crippen LogP contribution in [0.4, 0.5) is 11.5 Å². The molecule has 1 aliphatic rings. The van der Waals surface area contributed by atoms with Crippen LogP contribution in [0.2, 0.25) is 0 Å². The van der Waals surface area contributed by atoms with Crippen LogP contribution in [0.3, 0.4) is 0 Å². The molecule has 1 atom stereocenters. The third-order valence-electron chi connectivity index (χ3n) is 4.41. The Hall–Kier alpha value is -2.12. The summed E-state index contributed by atoms with van der Waals surface area (Å²) in [5, 5.41) is 3.21. The number of nitrogens with one attached hydrogen (secondary N) is 2. The van der Waals surface area contributed by atoms with Crippen LogP contribution in [-0.2, 0) is 14.8 Å². The van der Waals surface area contributed by atoms with Gasteiger partial charge >= 0.3 is 0 Å². The first-order valence-electron chi connectivity index (χ1n) is 8.88. The highest BCUT2D eigenvalue weighted by Gasteiger charge is 2.16. The van der Waals surface area contributed by atoms with Crippen LogP contribution >= 0.6 is 0 Å². The van der Waals surface area contributed by atoms with Gasteiger partial charge in [-0.2, -0.15) is 0 Å². The highest BCUT2D eigenvalue weighted by Crippen LogP contribution is 2.20. The van der Waals surface area contributed by atoms with Crippen LogP contribution in [-0.4, -0.2) is 32.7 Å². The summed E-state index contributed by atoms with van der Waals surface area (Å²) in [5.41, 5.74) is 1.54. The van der Waals surface area contributed by atoms with Crippen LogP contribution in [0.25, 0.3) is 0 Å². The molecule has 2 N–H and O–H groups in total. The van der Waals surface area contributed by atoms with Gasteiger partial charge < -0.3 is 10.1 Å². The lowest BCUT2D eigenvalue weighted by atomic mass is 10.0. The Labute approximate surface area is 155 Å². The monoisotopic (exact) mass is 375 g/mol. The average molecular weight is 375 g/mol. The largest absolute Gasteiger partial charge is 0.376 e. The van der Waals surface area contributed by atoms with E-state index in [9.17, 15) is 8.42 Å². The highest BCUT2D eigenvalue weighted by atomic mass is 32.2. The molecule has 6 nitrogen and oxygen atoms in total. The van der Waals surface area contributed by atoms with Gasteiger partial charge in [-0.3, -0.25) is 4.72 Å². The molecule has 1 aliphatic heterocycles. The van der Waals surface area contributed by atoms with Crippen LogP contribution in [0.15, 0.2) is 47.5 Å². The second-order valence-corrected chi connectivity index (χ2v) is 8.46. The molecule has 1 aromatic heterocycles. The summed E-state index contributed by atoms with van der Waals surface area (Å²) in [4.78, 5) is 4.50. The van der Waals surface area contributed by atoms with Gasteiger partial charge in [0, 0.05) is 13.2 Å². The van der Waals surface area contributed by atoms with Gasteiger partial charge in [0.25, 0.3) is 10.0 Å². The van der Waals surface area contributed by atoms with Crippen molar-refractivity contribution in [3.05, 3.63) is 48.2 Å². The van der Waals surface area contributed by atoms with Gasteiger partial charge in [0.05, 0.1) is 22.9 Å². The minimum atomic E-state index is -3.62. The first-order valence-corrected chi connectivity index (χ1v) is 10.4. The number of pyridine rings is 1. The normalized spacial score (nSPS) is 17.4. The number of rotatable bonds is 7. The molecule has 7 heteroatoms. The molecule has 1 fully saturated rings. The lowest BCUT2D eigenvalue weighted by molar-refractivity contribution is 0.120. The van der Waals surface area contributed by atoms with E-state index in [1.165, 1.54) is 6.20 Å². The quantitative estimate of drug-likeness (QED) is 0.773. The van der Waals surface area contributed by atoms with Gasteiger partial charge in [0.15, 0.2) is 0 Å². The van der Waals surface area contributed by atoms with Crippen molar-refractivity contribution >= 4 is 21.5 Å². The van der Waals surface area contributed by atoms with Crippen LogP contribution in [0.5, 0.6) is 0 Å². The number of benzene rings is 1. The van der Waals surface area contributed by atoms with Crippen molar-refractivity contribution in [3.8, 4) is 0 Å². The topological polar surface area (TPSA) is 80.3 Å². The van der Waals surface area contributed by atoms with E-state index >= 15 is 0 Å². The molecule has 0 radical (unpaired) electrons. The highest BCUT2D eigenvalue weighted by molar-refractivity contribution is 7.92. The zero-order chi connectivity index (χ0) is 18.6. The molecule has 1 aromatic carbocycles. The Kier molecular flexibility index (Phi) is 5.78. The number of anilines is 2. The van der Waals surface area contributed by atoms with E-state index in [2.05, 4.69) is 28.9 Å². The molecule has 1 unspecified atom stereocenters. The lowest BCUT2D eigenvalue weighted by Gasteiger charge is -2.12. The van der Waals surface area contributed by atoms with Gasteiger partial charge in [0.2, 0.25) is 0 Å². The zero-order valence-electron chi connectivity index (χ0n) is 15.1. The van der Waals surface area contributed by atoms with Crippen molar-refractivity contribution < 1.29 is 13.2 Å². The molecule has 0 bridgehead atoms. The standard InChI is InChI=1S/C19H25N3O3S/c1-14(2)15-5-8-18(9-6-15)26(23,24)22-16-7-10-19(20-12-16)21-13-17-4-3-11-25-17/h5-10,12,14,17,22H,3-4,11,13H2,1-2H3,(H,20,21). The molecule has 0 aliphatic carbocycles. The Balaban J connectivity index is 1.61. The number of hydrogen-bond donors (Lipinski definition) is 2. The third kappa shape index (κ3) is 4.74. The predicted octanol–water partition coefficient (Wildman–Crippen LogP) is 3.60. The molecule has 0 spiro atoms. The maximum atomic E-state index is 12.5. The van der Waals surface area contributed by atoms with Crippen LogP contribution in [0.1, 0.15) is 38.2 Å². The van der Waals surface area contributed by atoms with E-state index in [-0.39, 0.29) is 11.0 Å². The van der Waals surface area contributed by atoms with Crippen molar-refractivity contribution in [1.29, 1.82) is 0 Å². The SMILES string of the molecule is CC(C)c1ccc(S(=O)(=O)Nc2ccc(NCC3CCCO3)nc2)cc1. The second-order valence-electron chi connectivity index (χ2n) is 6.78. The first-order chi connectivity index (χ1) is 12.4. The van der Waals surface area contributed by atoms with Crippen molar-refractivity contribution in [2.75, 3.05) is 23.2 Å². The Morgan fingerprint density at radius 3 is 2.54 bits per heavy atom. The summed E-state index contributed by atoms with van der Waals surface area (Å²) >= 11 is 0. The molecule has 0 saturated carbocycles. The summed E-state index contributed by atoms with van der Waals surface area (Å²) in [6, 6.07) is 10.4. The number of aromatic nitrogens is 1. The van der Waals surface area contributed by atoms with Crippen LogP contribution < -0.4 is 10.0 Å². The van der Waals surface area contributed by atoms with Crippen molar-refractivity contribution in [2.45, 2.75) is 43.6 Å². The molecule has 26 heavy (non-hydrogen) atoms. The van der Waals surface area contributed by atoms with Gasteiger partial charge in [-0.1, -0.05) is 26.0 Å². The van der Waals surface area contributed by atoms with E-state index in [1.807, 2.05) is 12.1 Å². The Bertz CT molecular complexity index is 812. The van der Waals surface area contributed by atoms with E-state index in [0.717, 1.165) is 25.0 Å². The third-order valence-corrected chi connectivity index (χ3v) is 5.80. The number of sulfonamides is 1. The number of ether oxygens (including phenoxy) is 1. The lowest BCUT2D eigenvalue weighted by Crippen LogP contribution is -2.19. The molecule has 2 heterocycles. The Morgan fingerprint density at radius 1 is 1.19 bits per heavy atom. The smallest absolute Gasteiger partial charge is 0.261 e. The molecule has 1 saturated heterocycles. The fourth-order valence-corrected chi connectivity index (χ4v) is 3.87. The molecule has 3 rings (SSSR count). The van der Waals surface area contributed by atoms with E-state index in [0.29, 0.717) is 24.0 Å². The minimum Gasteiger partial charge on any atom is -0.376 e. The molecule has 0 amide bonds. The minimum absolute atomic E-state index is 0.226. The van der Waals surface area contributed by atoms with Gasteiger partial charge in [-0.15, -0.1) is 0 Å². The summed E-state index contributed by atoms with van der Waals surface area (Å²) in [6.45, 7) is 5.67. The van der Waals surface area contributed by atoms with E-state index in [1.54, 1.807) is 24.3 Å². The Morgan fingerprint density at radius 2 is 1.96 bits per heavy atom. The summed E-state index contributed by atoms with van der Waals surface area (Å²) in [6.07, 6.45) is 3.89. The summed E-state index contributed by atoms with van der Waals surface area (Å²) < 4.78 is 33.1. The van der Waals surface area contributed by atoms with Crippen molar-refractivity contribution in [3.63, 3.8) is 0 Å². The average Bonchev–Trinajstić information content (AvgIpc) is 3.14. The summed E-state index contributed by atoms with van der Waals surface area (Å²) in [5.74, 6) is 1.06. The molecule has 2 aromatic rings. The predicted molar refractivity (Wildman–Crippen MR) is 103 cm³/mol. The maximum Gasteiger partial charge on any atom is 0.261 e. The molecule has 140 valence electrons. The van der Waals surface area contributed by atoms with Crippen LogP contribution in [0, 0.1) is 0 Å². The fourth-order valence-electron chi connectivity index (χ4n) is 2.83. The van der Waals surface area contributed by atoms with E-state index in [4.69, 9.17) is 4.74 Å². The maximum absolute atomic E-state index is 12.5. The number of nitrogens with zero attached hydrogens (tertiary/aromatic N) is 1. The number of hydrogen-bond acceptors (Lipinski definition) is 5. The van der Waals surface area contributed by atoms with Crippen molar-refractivity contribution in [2.24, 2.45) is 0 Å². The van der Waals surface area contributed by atoms with Gasteiger partial charge in [-0.05, 0) is 48.6 Å². The second kappa shape index (κ2) is 8.05. The fraction of sp³-hybridized carbons (Fsp3) is 0.421. The molecular formula is C19H25N3O3S. The van der Waals surface area contributed by atoms with E-state index < -0.39 is 10.0 Å². The van der Waals surface area contributed by atoms with Gasteiger partial charge in [0.1, 0.15) is 5.82 Å². The first kappa shape index (κ1) is 18.7. The van der Waals surface area contributed by atoms with Crippen molar-refractivity contribution in [1.82, 2.24) is 4.98 Å². The summed E-state index contributed by atoms with van der Waals surface area (Å²) in [7, 11) is -3.62. The zero-order valence-corrected chi connectivity index (χ0v) is 15.9.